The number of hydrogen-bond donors (Lipinski definition) is 0. The van der Waals surface area contributed by atoms with Crippen molar-refractivity contribution in [3.63, 3.8) is 0 Å². The second-order valence-corrected chi connectivity index (χ2v) is 6.97. The number of benzene rings is 2. The number of oxime groups is 1. The summed E-state index contributed by atoms with van der Waals surface area (Å²) in [4.78, 5) is 19.8. The number of rotatable bonds is 8. The van der Waals surface area contributed by atoms with Crippen molar-refractivity contribution in [1.29, 1.82) is 0 Å². The van der Waals surface area contributed by atoms with E-state index in [9.17, 15) is 4.79 Å². The smallest absolute Gasteiger partial charge is 0.248 e. The first kappa shape index (κ1) is 20.2. The summed E-state index contributed by atoms with van der Waals surface area (Å²) in [5, 5.41) is 4.85. The third-order valence-electron chi connectivity index (χ3n) is 4.46. The normalized spacial score (nSPS) is 15.7. The number of ether oxygens (including phenoxy) is 2. The number of halogens is 1. The van der Waals surface area contributed by atoms with E-state index in [1.807, 2.05) is 42.5 Å². The molecule has 0 bridgehead atoms. The van der Waals surface area contributed by atoms with Crippen LogP contribution in [0.5, 0.6) is 5.75 Å². The summed E-state index contributed by atoms with van der Waals surface area (Å²) in [5.74, 6) is 0.682. The summed E-state index contributed by atoms with van der Waals surface area (Å²) in [7, 11) is 3.14. The number of hydrogen-bond acceptors (Lipinski definition) is 5. The maximum Gasteiger partial charge on any atom is 0.248 e. The highest BCUT2D eigenvalue weighted by Crippen LogP contribution is 2.21. The van der Waals surface area contributed by atoms with E-state index >= 15 is 0 Å². The monoisotopic (exact) mass is 402 g/mol. The Morgan fingerprint density at radius 1 is 1.25 bits per heavy atom. The van der Waals surface area contributed by atoms with Gasteiger partial charge >= 0.3 is 0 Å². The number of amides is 1. The van der Waals surface area contributed by atoms with Crippen LogP contribution in [-0.2, 0) is 20.9 Å². The van der Waals surface area contributed by atoms with Crippen molar-refractivity contribution >= 4 is 23.2 Å². The number of carbonyl (C=O) groups excluding carboxylic acids is 1. The lowest BCUT2D eigenvalue weighted by molar-refractivity contribution is -0.137. The quantitative estimate of drug-likeness (QED) is 0.677. The van der Waals surface area contributed by atoms with Crippen molar-refractivity contribution in [1.82, 2.24) is 4.90 Å². The van der Waals surface area contributed by atoms with Crippen LogP contribution < -0.4 is 4.74 Å². The maximum absolute atomic E-state index is 12.5. The Hall–Kier alpha value is -2.57. The summed E-state index contributed by atoms with van der Waals surface area (Å²) >= 11 is 6.07. The third kappa shape index (κ3) is 5.24. The van der Waals surface area contributed by atoms with Crippen molar-refractivity contribution in [2.75, 3.05) is 27.4 Å². The highest BCUT2D eigenvalue weighted by atomic mass is 35.5. The molecule has 7 heteroatoms. The van der Waals surface area contributed by atoms with Crippen LogP contribution >= 0.6 is 11.6 Å². The fourth-order valence-electron chi connectivity index (χ4n) is 3.05. The van der Waals surface area contributed by atoms with E-state index in [1.54, 1.807) is 18.1 Å². The summed E-state index contributed by atoms with van der Waals surface area (Å²) in [5.41, 5.74) is 2.79. The van der Waals surface area contributed by atoms with Crippen molar-refractivity contribution in [3.05, 3.63) is 64.7 Å². The van der Waals surface area contributed by atoms with Gasteiger partial charge in [0.05, 0.1) is 19.4 Å². The van der Waals surface area contributed by atoms with Gasteiger partial charge in [-0.3, -0.25) is 4.79 Å². The lowest BCUT2D eigenvalue weighted by Gasteiger charge is -2.25. The zero-order valence-electron chi connectivity index (χ0n) is 15.9. The van der Waals surface area contributed by atoms with E-state index in [0.29, 0.717) is 24.5 Å². The summed E-state index contributed by atoms with van der Waals surface area (Å²) in [6.45, 7) is 0.859. The van der Waals surface area contributed by atoms with E-state index in [-0.39, 0.29) is 18.6 Å². The van der Waals surface area contributed by atoms with Gasteiger partial charge in [0, 0.05) is 25.1 Å². The van der Waals surface area contributed by atoms with Crippen molar-refractivity contribution in [2.45, 2.75) is 19.1 Å². The Labute approximate surface area is 169 Å². The lowest BCUT2D eigenvalue weighted by Crippen LogP contribution is -2.39. The van der Waals surface area contributed by atoms with Gasteiger partial charge in [0.25, 0.3) is 0 Å². The minimum absolute atomic E-state index is 0.0134. The third-order valence-corrected chi connectivity index (χ3v) is 4.70. The molecule has 1 heterocycles. The van der Waals surface area contributed by atoms with Gasteiger partial charge in [-0.05, 0) is 47.5 Å². The number of methoxy groups -OCH3 is 2. The molecule has 0 radical (unpaired) electrons. The molecule has 28 heavy (non-hydrogen) atoms. The second kappa shape index (κ2) is 9.57. The Morgan fingerprint density at radius 2 is 2.04 bits per heavy atom. The second-order valence-electron chi connectivity index (χ2n) is 6.54. The Morgan fingerprint density at radius 3 is 2.71 bits per heavy atom. The van der Waals surface area contributed by atoms with E-state index in [1.165, 1.54) is 7.11 Å². The predicted octanol–water partition coefficient (Wildman–Crippen LogP) is 3.52. The summed E-state index contributed by atoms with van der Waals surface area (Å²) in [6.07, 6.45) is 0.413. The first-order valence-corrected chi connectivity index (χ1v) is 9.35. The average molecular weight is 403 g/mol. The van der Waals surface area contributed by atoms with Crippen LogP contribution in [0.2, 0.25) is 5.02 Å². The minimum atomic E-state index is -0.211. The zero-order valence-corrected chi connectivity index (χ0v) is 16.7. The van der Waals surface area contributed by atoms with Gasteiger partial charge in [-0.2, -0.15) is 0 Å². The van der Waals surface area contributed by atoms with Crippen molar-refractivity contribution in [2.24, 2.45) is 5.16 Å². The van der Waals surface area contributed by atoms with Crippen LogP contribution in [0.3, 0.4) is 0 Å². The number of nitrogens with zero attached hydrogens (tertiary/aromatic N) is 2. The van der Waals surface area contributed by atoms with Gasteiger partial charge in [0.15, 0.2) is 6.10 Å². The molecule has 0 unspecified atom stereocenters. The minimum Gasteiger partial charge on any atom is -0.497 e. The predicted molar refractivity (Wildman–Crippen MR) is 108 cm³/mol. The van der Waals surface area contributed by atoms with Gasteiger partial charge < -0.3 is 19.2 Å². The van der Waals surface area contributed by atoms with Crippen LogP contribution in [0, 0.1) is 0 Å². The molecule has 1 aliphatic heterocycles. The largest absolute Gasteiger partial charge is 0.497 e. The molecule has 2 aromatic carbocycles. The van der Waals surface area contributed by atoms with Crippen molar-refractivity contribution < 1.29 is 19.1 Å². The molecule has 148 valence electrons. The van der Waals surface area contributed by atoms with Gasteiger partial charge in [-0.15, -0.1) is 0 Å². The van der Waals surface area contributed by atoms with E-state index in [4.69, 9.17) is 25.9 Å². The fraction of sp³-hybridized carbons (Fsp3) is 0.333. The molecule has 1 amide bonds. The van der Waals surface area contributed by atoms with Crippen LogP contribution in [0.1, 0.15) is 17.5 Å². The molecule has 0 N–H and O–H groups in total. The fourth-order valence-corrected chi connectivity index (χ4v) is 3.26. The van der Waals surface area contributed by atoms with Crippen LogP contribution in [0.15, 0.2) is 53.7 Å². The molecule has 2 aromatic rings. The molecular weight excluding hydrogens is 380 g/mol. The zero-order chi connectivity index (χ0) is 19.9. The lowest BCUT2D eigenvalue weighted by atomic mass is 10.0. The van der Waals surface area contributed by atoms with Crippen LogP contribution in [0.25, 0.3) is 0 Å². The average Bonchev–Trinajstić information content (AvgIpc) is 3.16. The molecular formula is C21H23ClN2O4. The van der Waals surface area contributed by atoms with E-state index in [0.717, 1.165) is 22.6 Å². The molecule has 3 rings (SSSR count). The van der Waals surface area contributed by atoms with Gasteiger partial charge in [-0.1, -0.05) is 28.9 Å². The van der Waals surface area contributed by atoms with Gasteiger partial charge in [-0.25, -0.2) is 0 Å². The SMILES string of the molecule is COCC(=O)N(Cc1cccc(Cl)c1)C[C@H]1CC(c2ccc(OC)cc2)=NO1. The van der Waals surface area contributed by atoms with E-state index < -0.39 is 0 Å². The van der Waals surface area contributed by atoms with Gasteiger partial charge in [0.1, 0.15) is 12.4 Å². The topological polar surface area (TPSA) is 60.4 Å². The molecule has 0 aromatic heterocycles. The van der Waals surface area contributed by atoms with Crippen LogP contribution in [0.4, 0.5) is 0 Å². The first-order chi connectivity index (χ1) is 13.6. The standard InChI is InChI=1S/C21H23ClN2O4/c1-26-14-21(25)24(12-15-4-3-5-17(22)10-15)13-19-11-20(23-28-19)16-6-8-18(27-2)9-7-16/h3-10,19H,11-14H2,1-2H3/t19-/m1/s1. The van der Waals surface area contributed by atoms with Gasteiger partial charge in [0.2, 0.25) is 5.91 Å². The molecule has 1 aliphatic rings. The first-order valence-electron chi connectivity index (χ1n) is 8.97. The molecule has 0 saturated carbocycles. The summed E-state index contributed by atoms with van der Waals surface area (Å²) in [6, 6.07) is 15.1. The maximum atomic E-state index is 12.5. The molecule has 6 nitrogen and oxygen atoms in total. The molecule has 0 aliphatic carbocycles. The number of carbonyl (C=O) groups is 1. The van der Waals surface area contributed by atoms with Crippen molar-refractivity contribution in [3.8, 4) is 5.75 Å². The molecule has 1 atom stereocenters. The Balaban J connectivity index is 1.65. The molecule has 0 saturated heterocycles. The Kier molecular flexibility index (Phi) is 6.90. The highest BCUT2D eigenvalue weighted by Gasteiger charge is 2.27. The Bertz CT molecular complexity index is 839. The molecule has 0 fully saturated rings. The molecule has 0 spiro atoms. The summed E-state index contributed by atoms with van der Waals surface area (Å²) < 4.78 is 10.2. The van der Waals surface area contributed by atoms with Crippen LogP contribution in [-0.4, -0.2) is 50.0 Å². The van der Waals surface area contributed by atoms with E-state index in [2.05, 4.69) is 5.16 Å². The highest BCUT2D eigenvalue weighted by molar-refractivity contribution is 6.30.